The predicted molar refractivity (Wildman–Crippen MR) is 110 cm³/mol. The maximum atomic E-state index is 12.8. The molecule has 0 aliphatic heterocycles. The minimum Gasteiger partial charge on any atom is -0.342 e. The molecule has 28 heavy (non-hydrogen) atoms. The lowest BCUT2D eigenvalue weighted by Crippen LogP contribution is -2.22. The topological polar surface area (TPSA) is 64.0 Å². The van der Waals surface area contributed by atoms with Crippen LogP contribution in [0, 0.1) is 0 Å². The fourth-order valence-electron chi connectivity index (χ4n) is 3.12. The SMILES string of the molecule is O=C(Nc1cccnc1)C(=O)c1cn(Cc2ccccc2Cl)c2ccccc12. The third kappa shape index (κ3) is 3.52. The molecule has 1 amide bonds. The van der Waals surface area contributed by atoms with E-state index in [-0.39, 0.29) is 0 Å². The van der Waals surface area contributed by atoms with Crippen molar-refractivity contribution in [2.75, 3.05) is 5.32 Å². The summed E-state index contributed by atoms with van der Waals surface area (Å²) >= 11 is 6.29. The molecular formula is C22H16ClN3O2. The van der Waals surface area contributed by atoms with Crippen LogP contribution in [0.3, 0.4) is 0 Å². The minimum atomic E-state index is -0.700. The molecule has 0 fully saturated rings. The number of rotatable bonds is 5. The number of aromatic nitrogens is 2. The number of halogens is 1. The molecule has 0 saturated carbocycles. The van der Waals surface area contributed by atoms with E-state index < -0.39 is 11.7 Å². The number of hydrogen-bond donors (Lipinski definition) is 1. The van der Waals surface area contributed by atoms with Crippen LogP contribution >= 0.6 is 11.6 Å². The first-order valence-electron chi connectivity index (χ1n) is 8.70. The zero-order chi connectivity index (χ0) is 19.5. The Balaban J connectivity index is 1.69. The quantitative estimate of drug-likeness (QED) is 0.402. The van der Waals surface area contributed by atoms with Crippen molar-refractivity contribution in [3.63, 3.8) is 0 Å². The monoisotopic (exact) mass is 389 g/mol. The third-order valence-electron chi connectivity index (χ3n) is 4.46. The Morgan fingerprint density at radius 1 is 1.00 bits per heavy atom. The number of nitrogens with zero attached hydrogens (tertiary/aromatic N) is 2. The summed E-state index contributed by atoms with van der Waals surface area (Å²) < 4.78 is 1.93. The lowest BCUT2D eigenvalue weighted by atomic mass is 10.1. The Morgan fingerprint density at radius 3 is 2.57 bits per heavy atom. The Bertz CT molecular complexity index is 1170. The number of para-hydroxylation sites is 1. The number of amides is 1. The number of nitrogens with one attached hydrogen (secondary N) is 1. The number of Topliss-reactive ketones (excluding diaryl/α,β-unsaturated/α-hetero) is 1. The van der Waals surface area contributed by atoms with Crippen LogP contribution < -0.4 is 5.32 Å². The van der Waals surface area contributed by atoms with Crippen molar-refractivity contribution < 1.29 is 9.59 Å². The Labute approximate surface area is 166 Å². The van der Waals surface area contributed by atoms with Gasteiger partial charge in [0.15, 0.2) is 0 Å². The molecule has 0 radical (unpaired) electrons. The van der Waals surface area contributed by atoms with E-state index in [1.807, 2.05) is 53.1 Å². The van der Waals surface area contributed by atoms with Gasteiger partial charge in [0.25, 0.3) is 11.7 Å². The van der Waals surface area contributed by atoms with E-state index in [4.69, 9.17) is 11.6 Å². The van der Waals surface area contributed by atoms with Gasteiger partial charge in [-0.05, 0) is 29.8 Å². The second kappa shape index (κ2) is 7.66. The van der Waals surface area contributed by atoms with Crippen molar-refractivity contribution in [1.82, 2.24) is 9.55 Å². The second-order valence-electron chi connectivity index (χ2n) is 6.30. The smallest absolute Gasteiger partial charge is 0.296 e. The van der Waals surface area contributed by atoms with Crippen LogP contribution in [-0.4, -0.2) is 21.2 Å². The zero-order valence-electron chi connectivity index (χ0n) is 14.8. The molecule has 0 bridgehead atoms. The van der Waals surface area contributed by atoms with Crippen molar-refractivity contribution in [2.24, 2.45) is 0 Å². The molecule has 0 aliphatic rings. The Morgan fingerprint density at radius 2 is 1.79 bits per heavy atom. The maximum absolute atomic E-state index is 12.8. The molecule has 4 rings (SSSR count). The van der Waals surface area contributed by atoms with E-state index >= 15 is 0 Å². The van der Waals surface area contributed by atoms with Crippen molar-refractivity contribution in [2.45, 2.75) is 6.54 Å². The fraction of sp³-hybridized carbons (Fsp3) is 0.0455. The van der Waals surface area contributed by atoms with Crippen LogP contribution in [0.25, 0.3) is 10.9 Å². The summed E-state index contributed by atoms with van der Waals surface area (Å²) in [6.45, 7) is 0.498. The van der Waals surface area contributed by atoms with E-state index in [0.29, 0.717) is 22.8 Å². The van der Waals surface area contributed by atoms with Crippen molar-refractivity contribution in [1.29, 1.82) is 0 Å². The van der Waals surface area contributed by atoms with Crippen molar-refractivity contribution >= 4 is 39.9 Å². The molecular weight excluding hydrogens is 374 g/mol. The first-order chi connectivity index (χ1) is 13.6. The first kappa shape index (κ1) is 17.9. The summed E-state index contributed by atoms with van der Waals surface area (Å²) in [6, 6.07) is 18.4. The average Bonchev–Trinajstić information content (AvgIpc) is 3.08. The van der Waals surface area contributed by atoms with Gasteiger partial charge >= 0.3 is 0 Å². The summed E-state index contributed by atoms with van der Waals surface area (Å²) in [7, 11) is 0. The number of hydrogen-bond acceptors (Lipinski definition) is 3. The number of anilines is 1. The van der Waals surface area contributed by atoms with Gasteiger partial charge in [-0.2, -0.15) is 0 Å². The fourth-order valence-corrected chi connectivity index (χ4v) is 3.31. The van der Waals surface area contributed by atoms with E-state index in [2.05, 4.69) is 10.3 Å². The summed E-state index contributed by atoms with van der Waals surface area (Å²) in [4.78, 5) is 29.2. The maximum Gasteiger partial charge on any atom is 0.296 e. The minimum absolute atomic E-state index is 0.351. The molecule has 2 heterocycles. The van der Waals surface area contributed by atoms with E-state index in [1.165, 1.54) is 6.20 Å². The molecule has 138 valence electrons. The summed E-state index contributed by atoms with van der Waals surface area (Å²) in [5.74, 6) is -1.30. The molecule has 2 aromatic carbocycles. The molecule has 0 unspecified atom stereocenters. The number of benzene rings is 2. The van der Waals surface area contributed by atoms with Crippen molar-refractivity contribution in [3.05, 3.63) is 95.4 Å². The molecule has 4 aromatic rings. The normalized spacial score (nSPS) is 10.8. The number of carbonyl (C=O) groups is 2. The van der Waals surface area contributed by atoms with Crippen LogP contribution in [0.5, 0.6) is 0 Å². The number of pyridine rings is 1. The van der Waals surface area contributed by atoms with Crippen LogP contribution in [0.1, 0.15) is 15.9 Å². The first-order valence-corrected chi connectivity index (χ1v) is 9.08. The number of ketones is 1. The standard InChI is InChI=1S/C22H16ClN3O2/c23-19-9-3-1-6-15(19)13-26-14-18(17-8-2-4-10-20(17)26)21(27)22(28)25-16-7-5-11-24-12-16/h1-12,14H,13H2,(H,25,28). The predicted octanol–water partition coefficient (Wildman–Crippen LogP) is 4.56. The lowest BCUT2D eigenvalue weighted by molar-refractivity contribution is -0.112. The average molecular weight is 390 g/mol. The Kier molecular flexibility index (Phi) is 4.91. The van der Waals surface area contributed by atoms with Gasteiger partial charge < -0.3 is 9.88 Å². The van der Waals surface area contributed by atoms with Crippen LogP contribution in [-0.2, 0) is 11.3 Å². The highest BCUT2D eigenvalue weighted by Gasteiger charge is 2.22. The lowest BCUT2D eigenvalue weighted by Gasteiger charge is -2.07. The van der Waals surface area contributed by atoms with Gasteiger partial charge in [0.1, 0.15) is 0 Å². The summed E-state index contributed by atoms with van der Waals surface area (Å²) in [5.41, 5.74) is 2.62. The highest BCUT2D eigenvalue weighted by atomic mass is 35.5. The van der Waals surface area contributed by atoms with Gasteiger partial charge in [-0.3, -0.25) is 14.6 Å². The number of carbonyl (C=O) groups excluding carboxylic acids is 2. The van der Waals surface area contributed by atoms with Gasteiger partial charge in [0, 0.05) is 34.9 Å². The van der Waals surface area contributed by atoms with E-state index in [9.17, 15) is 9.59 Å². The summed E-state index contributed by atoms with van der Waals surface area (Å²) in [5, 5.41) is 3.97. The number of fused-ring (bicyclic) bond motifs is 1. The highest BCUT2D eigenvalue weighted by molar-refractivity contribution is 6.48. The second-order valence-corrected chi connectivity index (χ2v) is 6.71. The van der Waals surface area contributed by atoms with E-state index in [0.717, 1.165) is 16.5 Å². The van der Waals surface area contributed by atoms with Gasteiger partial charge in [-0.25, -0.2) is 0 Å². The Hall–Kier alpha value is -3.44. The molecule has 0 aliphatic carbocycles. The molecule has 0 saturated heterocycles. The van der Waals surface area contributed by atoms with Gasteiger partial charge in [0.05, 0.1) is 17.4 Å². The molecule has 5 nitrogen and oxygen atoms in total. The van der Waals surface area contributed by atoms with Crippen LogP contribution in [0.4, 0.5) is 5.69 Å². The molecule has 1 N–H and O–H groups in total. The van der Waals surface area contributed by atoms with Gasteiger partial charge in [-0.1, -0.05) is 48.0 Å². The van der Waals surface area contributed by atoms with Gasteiger partial charge in [-0.15, -0.1) is 0 Å². The molecule has 0 atom stereocenters. The molecule has 0 spiro atoms. The van der Waals surface area contributed by atoms with E-state index in [1.54, 1.807) is 24.5 Å². The van der Waals surface area contributed by atoms with Gasteiger partial charge in [0.2, 0.25) is 0 Å². The highest BCUT2D eigenvalue weighted by Crippen LogP contribution is 2.25. The van der Waals surface area contributed by atoms with Crippen LogP contribution in [0.2, 0.25) is 5.02 Å². The zero-order valence-corrected chi connectivity index (χ0v) is 15.6. The molecule has 6 heteroatoms. The van der Waals surface area contributed by atoms with Crippen LogP contribution in [0.15, 0.2) is 79.3 Å². The molecule has 2 aromatic heterocycles. The summed E-state index contributed by atoms with van der Waals surface area (Å²) in [6.07, 6.45) is 4.80. The third-order valence-corrected chi connectivity index (χ3v) is 4.83. The van der Waals surface area contributed by atoms with Crippen molar-refractivity contribution in [3.8, 4) is 0 Å². The largest absolute Gasteiger partial charge is 0.342 e.